The molecule has 0 aliphatic heterocycles. The van der Waals surface area contributed by atoms with Gasteiger partial charge in [0.25, 0.3) is 0 Å². The van der Waals surface area contributed by atoms with Gasteiger partial charge in [-0.1, -0.05) is 12.1 Å². The summed E-state index contributed by atoms with van der Waals surface area (Å²) in [6.07, 6.45) is 2.73. The predicted octanol–water partition coefficient (Wildman–Crippen LogP) is 2.94. The summed E-state index contributed by atoms with van der Waals surface area (Å²) in [7, 11) is 0.533. The van der Waals surface area contributed by atoms with Crippen molar-refractivity contribution >= 4 is 21.6 Å². The van der Waals surface area contributed by atoms with Crippen LogP contribution in [0.15, 0.2) is 71.9 Å². The molecular formula is C23H25N3O6S. The zero-order valence-electron chi connectivity index (χ0n) is 18.5. The SMILES string of the molecule is COc1ccc(CN(CC(=O)Nc2ccc(OC)cc2OC)S(=O)(=O)c2cccnc2)cc1. The molecule has 1 aromatic heterocycles. The van der Waals surface area contributed by atoms with E-state index in [-0.39, 0.29) is 11.4 Å². The zero-order chi connectivity index (χ0) is 23.8. The number of ether oxygens (including phenoxy) is 3. The fourth-order valence-corrected chi connectivity index (χ4v) is 4.41. The van der Waals surface area contributed by atoms with E-state index in [0.717, 1.165) is 4.31 Å². The molecular weight excluding hydrogens is 446 g/mol. The van der Waals surface area contributed by atoms with E-state index in [4.69, 9.17) is 14.2 Å². The number of hydrogen-bond acceptors (Lipinski definition) is 7. The molecule has 1 heterocycles. The second-order valence-electron chi connectivity index (χ2n) is 6.92. The van der Waals surface area contributed by atoms with Gasteiger partial charge < -0.3 is 19.5 Å². The molecule has 0 radical (unpaired) electrons. The fourth-order valence-electron chi connectivity index (χ4n) is 3.06. The molecule has 0 aliphatic rings. The minimum Gasteiger partial charge on any atom is -0.497 e. The highest BCUT2D eigenvalue weighted by molar-refractivity contribution is 7.89. The molecule has 0 saturated carbocycles. The largest absolute Gasteiger partial charge is 0.497 e. The van der Waals surface area contributed by atoms with Crippen molar-refractivity contribution in [1.29, 1.82) is 0 Å². The number of aromatic nitrogens is 1. The molecule has 174 valence electrons. The van der Waals surface area contributed by atoms with Gasteiger partial charge in [-0.05, 0) is 42.0 Å². The molecule has 1 N–H and O–H groups in total. The first kappa shape index (κ1) is 24.0. The molecule has 0 spiro atoms. The number of pyridine rings is 1. The number of sulfonamides is 1. The Kier molecular flexibility index (Phi) is 7.86. The molecule has 2 aromatic carbocycles. The van der Waals surface area contributed by atoms with Crippen molar-refractivity contribution in [3.8, 4) is 17.2 Å². The molecule has 0 bridgehead atoms. The monoisotopic (exact) mass is 471 g/mol. The highest BCUT2D eigenvalue weighted by Gasteiger charge is 2.27. The van der Waals surface area contributed by atoms with E-state index in [1.807, 2.05) is 0 Å². The minimum atomic E-state index is -4.00. The Bertz CT molecular complexity index is 1180. The lowest BCUT2D eigenvalue weighted by Crippen LogP contribution is -2.37. The molecule has 0 aliphatic carbocycles. The number of nitrogens with zero attached hydrogens (tertiary/aromatic N) is 2. The summed E-state index contributed by atoms with van der Waals surface area (Å²) in [5.74, 6) is 1.06. The fraction of sp³-hybridized carbons (Fsp3) is 0.217. The summed E-state index contributed by atoms with van der Waals surface area (Å²) in [6, 6.07) is 14.8. The summed E-state index contributed by atoms with van der Waals surface area (Å²) in [6.45, 7) is -0.438. The van der Waals surface area contributed by atoms with Gasteiger partial charge in [0.2, 0.25) is 15.9 Å². The summed E-state index contributed by atoms with van der Waals surface area (Å²) in [5.41, 5.74) is 1.09. The van der Waals surface area contributed by atoms with Crippen molar-refractivity contribution in [2.75, 3.05) is 33.2 Å². The Morgan fingerprint density at radius 2 is 1.67 bits per heavy atom. The van der Waals surface area contributed by atoms with Crippen molar-refractivity contribution in [2.24, 2.45) is 0 Å². The third-order valence-electron chi connectivity index (χ3n) is 4.79. The topological polar surface area (TPSA) is 107 Å². The third kappa shape index (κ3) is 5.99. The van der Waals surface area contributed by atoms with Gasteiger partial charge in [0.15, 0.2) is 0 Å². The number of methoxy groups -OCH3 is 3. The Hall–Kier alpha value is -3.63. The average Bonchev–Trinajstić information content (AvgIpc) is 2.84. The maximum atomic E-state index is 13.3. The van der Waals surface area contributed by atoms with Gasteiger partial charge in [0.05, 0.1) is 33.6 Å². The summed E-state index contributed by atoms with van der Waals surface area (Å²) < 4.78 is 43.3. The van der Waals surface area contributed by atoms with Crippen LogP contribution in [0.4, 0.5) is 5.69 Å². The summed E-state index contributed by atoms with van der Waals surface area (Å²) >= 11 is 0. The third-order valence-corrected chi connectivity index (χ3v) is 6.57. The van der Waals surface area contributed by atoms with Gasteiger partial charge >= 0.3 is 0 Å². The van der Waals surface area contributed by atoms with E-state index in [2.05, 4.69) is 10.3 Å². The Balaban J connectivity index is 1.86. The molecule has 3 aromatic rings. The number of rotatable bonds is 10. The average molecular weight is 472 g/mol. The standard InChI is InChI=1S/C23H25N3O6S/c1-30-18-8-6-17(7-9-18)15-26(33(28,29)20-5-4-12-24-14-20)16-23(27)25-21-11-10-19(31-2)13-22(21)32-3/h4-14H,15-16H2,1-3H3,(H,25,27). The molecule has 3 rings (SSSR count). The molecule has 1 amide bonds. The van der Waals surface area contributed by atoms with Crippen LogP contribution < -0.4 is 19.5 Å². The minimum absolute atomic E-state index is 0.00617. The molecule has 9 nitrogen and oxygen atoms in total. The smallest absolute Gasteiger partial charge is 0.245 e. The van der Waals surface area contributed by atoms with Crippen molar-refractivity contribution in [1.82, 2.24) is 9.29 Å². The zero-order valence-corrected chi connectivity index (χ0v) is 19.3. The lowest BCUT2D eigenvalue weighted by Gasteiger charge is -2.22. The van der Waals surface area contributed by atoms with Gasteiger partial charge in [-0.15, -0.1) is 0 Å². The highest BCUT2D eigenvalue weighted by atomic mass is 32.2. The van der Waals surface area contributed by atoms with Crippen LogP contribution in [-0.4, -0.2) is 51.5 Å². The van der Waals surface area contributed by atoms with Crippen LogP contribution in [-0.2, 0) is 21.4 Å². The first-order valence-electron chi connectivity index (χ1n) is 9.92. The quantitative estimate of drug-likeness (QED) is 0.484. The van der Waals surface area contributed by atoms with Gasteiger partial charge in [-0.3, -0.25) is 9.78 Å². The molecule has 10 heteroatoms. The number of benzene rings is 2. The summed E-state index contributed by atoms with van der Waals surface area (Å²) in [5, 5.41) is 2.71. The second kappa shape index (κ2) is 10.8. The maximum absolute atomic E-state index is 13.3. The van der Waals surface area contributed by atoms with E-state index in [9.17, 15) is 13.2 Å². The number of carbonyl (C=O) groups excluding carboxylic acids is 1. The van der Waals surface area contributed by atoms with E-state index in [0.29, 0.717) is 28.5 Å². The Morgan fingerprint density at radius 3 is 2.27 bits per heavy atom. The lowest BCUT2D eigenvalue weighted by molar-refractivity contribution is -0.116. The lowest BCUT2D eigenvalue weighted by atomic mass is 10.2. The first-order chi connectivity index (χ1) is 15.9. The number of nitrogens with one attached hydrogen (secondary N) is 1. The molecule has 0 saturated heterocycles. The van der Waals surface area contributed by atoms with Crippen molar-refractivity contribution < 1.29 is 27.4 Å². The Labute approximate surface area is 193 Å². The number of anilines is 1. The van der Waals surface area contributed by atoms with Crippen LogP contribution in [0, 0.1) is 0 Å². The molecule has 0 fully saturated rings. The number of hydrogen-bond donors (Lipinski definition) is 1. The first-order valence-corrected chi connectivity index (χ1v) is 11.4. The van der Waals surface area contributed by atoms with Gasteiger partial charge in [0.1, 0.15) is 22.1 Å². The normalized spacial score (nSPS) is 11.2. The predicted molar refractivity (Wildman–Crippen MR) is 123 cm³/mol. The van der Waals surface area contributed by atoms with Crippen LogP contribution in [0.3, 0.4) is 0 Å². The van der Waals surface area contributed by atoms with Crippen molar-refractivity contribution in [2.45, 2.75) is 11.4 Å². The summed E-state index contributed by atoms with van der Waals surface area (Å²) in [4.78, 5) is 16.8. The van der Waals surface area contributed by atoms with E-state index >= 15 is 0 Å². The van der Waals surface area contributed by atoms with Gasteiger partial charge in [-0.25, -0.2) is 8.42 Å². The van der Waals surface area contributed by atoms with Crippen LogP contribution in [0.1, 0.15) is 5.56 Å². The number of carbonyl (C=O) groups is 1. The second-order valence-corrected chi connectivity index (χ2v) is 8.86. The van der Waals surface area contributed by atoms with Crippen LogP contribution >= 0.6 is 0 Å². The van der Waals surface area contributed by atoms with Crippen molar-refractivity contribution in [3.63, 3.8) is 0 Å². The van der Waals surface area contributed by atoms with E-state index < -0.39 is 22.5 Å². The molecule has 0 atom stereocenters. The maximum Gasteiger partial charge on any atom is 0.245 e. The van der Waals surface area contributed by atoms with E-state index in [1.165, 1.54) is 38.7 Å². The number of amides is 1. The van der Waals surface area contributed by atoms with Gasteiger partial charge in [0, 0.05) is 25.0 Å². The van der Waals surface area contributed by atoms with Crippen LogP contribution in [0.25, 0.3) is 0 Å². The van der Waals surface area contributed by atoms with E-state index in [1.54, 1.807) is 49.6 Å². The van der Waals surface area contributed by atoms with Gasteiger partial charge in [-0.2, -0.15) is 4.31 Å². The Morgan fingerprint density at radius 1 is 0.970 bits per heavy atom. The van der Waals surface area contributed by atoms with Crippen LogP contribution in [0.5, 0.6) is 17.2 Å². The highest BCUT2D eigenvalue weighted by Crippen LogP contribution is 2.29. The molecule has 33 heavy (non-hydrogen) atoms. The molecule has 0 unspecified atom stereocenters. The van der Waals surface area contributed by atoms with Crippen molar-refractivity contribution in [3.05, 3.63) is 72.6 Å². The van der Waals surface area contributed by atoms with Crippen LogP contribution in [0.2, 0.25) is 0 Å².